The molecule has 0 bridgehead atoms. The highest BCUT2D eigenvalue weighted by atomic mass is 32.2. The molecule has 3 N–H and O–H groups in total. The third-order valence-corrected chi connectivity index (χ3v) is 5.40. The largest absolute Gasteiger partial charge is 0.396 e. The molecule has 0 saturated carbocycles. The fraction of sp³-hybridized carbons (Fsp3) is 0.571. The maximum Gasteiger partial charge on any atom is 0.241 e. The van der Waals surface area contributed by atoms with Crippen LogP contribution in [0.5, 0.6) is 0 Å². The zero-order valence-corrected chi connectivity index (χ0v) is 13.2. The number of rotatable bonds is 5. The molecule has 2 rings (SSSR count). The molecule has 0 radical (unpaired) electrons. The van der Waals surface area contributed by atoms with E-state index in [0.717, 1.165) is 32.0 Å². The summed E-state index contributed by atoms with van der Waals surface area (Å²) in [4.78, 5) is 2.27. The van der Waals surface area contributed by atoms with Gasteiger partial charge < -0.3 is 10.6 Å². The van der Waals surface area contributed by atoms with E-state index < -0.39 is 15.8 Å². The van der Waals surface area contributed by atoms with Gasteiger partial charge in [-0.25, -0.2) is 17.5 Å². The van der Waals surface area contributed by atoms with Crippen LogP contribution in [0.3, 0.4) is 0 Å². The van der Waals surface area contributed by atoms with Gasteiger partial charge in [-0.15, -0.1) is 0 Å². The number of aryl methyl sites for hydroxylation is 1. The molecule has 0 aliphatic carbocycles. The summed E-state index contributed by atoms with van der Waals surface area (Å²) in [5, 5.41) is 0. The maximum absolute atomic E-state index is 13.3. The van der Waals surface area contributed by atoms with Gasteiger partial charge in [0.15, 0.2) is 0 Å². The van der Waals surface area contributed by atoms with Gasteiger partial charge in [-0.1, -0.05) is 0 Å². The van der Waals surface area contributed by atoms with E-state index in [0.29, 0.717) is 12.1 Å². The Kier molecular flexibility index (Phi) is 4.85. The van der Waals surface area contributed by atoms with Gasteiger partial charge in [-0.3, -0.25) is 0 Å². The smallest absolute Gasteiger partial charge is 0.241 e. The highest BCUT2D eigenvalue weighted by Gasteiger charge is 2.23. The Bertz CT molecular complexity index is 613. The van der Waals surface area contributed by atoms with E-state index in [9.17, 15) is 12.8 Å². The topological polar surface area (TPSA) is 75.4 Å². The van der Waals surface area contributed by atoms with Crippen LogP contribution in [0.15, 0.2) is 17.0 Å². The van der Waals surface area contributed by atoms with E-state index in [-0.39, 0.29) is 16.6 Å². The molecule has 0 spiro atoms. The van der Waals surface area contributed by atoms with Gasteiger partial charge >= 0.3 is 0 Å². The van der Waals surface area contributed by atoms with Crippen molar-refractivity contribution in [1.82, 2.24) is 9.62 Å². The van der Waals surface area contributed by atoms with Gasteiger partial charge in [0.1, 0.15) is 5.82 Å². The second-order valence-corrected chi connectivity index (χ2v) is 7.35. The Balaban J connectivity index is 2.12. The summed E-state index contributed by atoms with van der Waals surface area (Å²) in [5.41, 5.74) is 5.66. The molecule has 1 saturated heterocycles. The molecule has 5 nitrogen and oxygen atoms in total. The quantitative estimate of drug-likeness (QED) is 0.807. The van der Waals surface area contributed by atoms with E-state index in [1.165, 1.54) is 6.07 Å². The van der Waals surface area contributed by atoms with Crippen LogP contribution in [0.25, 0.3) is 0 Å². The number of anilines is 1. The molecule has 21 heavy (non-hydrogen) atoms. The molecule has 1 aromatic carbocycles. The van der Waals surface area contributed by atoms with Crippen molar-refractivity contribution in [2.24, 2.45) is 0 Å². The first-order valence-corrected chi connectivity index (χ1v) is 8.58. The average molecular weight is 315 g/mol. The van der Waals surface area contributed by atoms with Crippen molar-refractivity contribution < 1.29 is 12.8 Å². The Morgan fingerprint density at radius 3 is 2.62 bits per heavy atom. The predicted molar refractivity (Wildman–Crippen MR) is 81.0 cm³/mol. The van der Waals surface area contributed by atoms with Crippen molar-refractivity contribution in [3.05, 3.63) is 23.5 Å². The van der Waals surface area contributed by atoms with Gasteiger partial charge in [0, 0.05) is 12.6 Å². The van der Waals surface area contributed by atoms with E-state index in [2.05, 4.69) is 9.62 Å². The lowest BCUT2D eigenvalue weighted by molar-refractivity contribution is 0.312. The zero-order chi connectivity index (χ0) is 15.6. The number of benzene rings is 1. The van der Waals surface area contributed by atoms with Gasteiger partial charge in [-0.2, -0.15) is 0 Å². The van der Waals surface area contributed by atoms with Crippen LogP contribution in [0, 0.1) is 12.7 Å². The lowest BCUT2D eigenvalue weighted by atomic mass is 10.2. The van der Waals surface area contributed by atoms with E-state index in [4.69, 9.17) is 5.73 Å². The van der Waals surface area contributed by atoms with Crippen molar-refractivity contribution in [1.29, 1.82) is 0 Å². The van der Waals surface area contributed by atoms with E-state index >= 15 is 0 Å². The summed E-state index contributed by atoms with van der Waals surface area (Å²) in [7, 11) is -3.69. The molecule has 1 aliphatic heterocycles. The molecule has 1 aliphatic rings. The molecule has 1 atom stereocenters. The van der Waals surface area contributed by atoms with Crippen LogP contribution in [-0.4, -0.2) is 39.0 Å². The Hall–Kier alpha value is -1.18. The number of hydrogen-bond acceptors (Lipinski definition) is 4. The third-order valence-electron chi connectivity index (χ3n) is 3.67. The molecule has 0 aromatic heterocycles. The summed E-state index contributed by atoms with van der Waals surface area (Å²) < 4.78 is 40.8. The van der Waals surface area contributed by atoms with Crippen LogP contribution >= 0.6 is 0 Å². The van der Waals surface area contributed by atoms with E-state index in [1.807, 2.05) is 6.92 Å². The number of nitrogens with two attached hydrogens (primary N) is 1. The molecule has 1 fully saturated rings. The number of likely N-dealkylation sites (tertiary alicyclic amines) is 1. The first kappa shape index (κ1) is 16.2. The van der Waals surface area contributed by atoms with Crippen molar-refractivity contribution in [3.8, 4) is 0 Å². The van der Waals surface area contributed by atoms with Crippen LogP contribution in [-0.2, 0) is 10.0 Å². The lowest BCUT2D eigenvalue weighted by Gasteiger charge is -2.21. The molecular formula is C14H22FN3O2S. The Labute approximate surface area is 125 Å². The maximum atomic E-state index is 13.3. The lowest BCUT2D eigenvalue weighted by Crippen LogP contribution is -2.41. The number of nitrogens with zero attached hydrogens (tertiary/aromatic N) is 1. The first-order chi connectivity index (χ1) is 9.79. The summed E-state index contributed by atoms with van der Waals surface area (Å²) in [6.45, 7) is 6.08. The van der Waals surface area contributed by atoms with Crippen LogP contribution in [0.1, 0.15) is 25.3 Å². The highest BCUT2D eigenvalue weighted by molar-refractivity contribution is 7.89. The van der Waals surface area contributed by atoms with Gasteiger partial charge in [-0.05, 0) is 57.5 Å². The molecule has 1 aromatic rings. The second-order valence-electron chi connectivity index (χ2n) is 5.67. The average Bonchev–Trinajstić information content (AvgIpc) is 2.85. The third kappa shape index (κ3) is 3.93. The number of nitrogen functional groups attached to an aromatic ring is 1. The number of sulfonamides is 1. The standard InChI is InChI=1S/C14H22FN3O2S/c1-10-7-12(15)13(16)8-14(10)21(19,20)17-11(2)9-18-5-3-4-6-18/h7-8,11,17H,3-6,9,16H2,1-2H3. The first-order valence-electron chi connectivity index (χ1n) is 7.10. The summed E-state index contributed by atoms with van der Waals surface area (Å²) in [6.07, 6.45) is 2.32. The van der Waals surface area contributed by atoms with Crippen LogP contribution < -0.4 is 10.5 Å². The molecule has 7 heteroatoms. The Morgan fingerprint density at radius 2 is 2.00 bits per heavy atom. The zero-order valence-electron chi connectivity index (χ0n) is 12.4. The molecule has 118 valence electrons. The fourth-order valence-electron chi connectivity index (χ4n) is 2.68. The number of halogens is 1. The summed E-state index contributed by atoms with van der Waals surface area (Å²) >= 11 is 0. The molecule has 1 unspecified atom stereocenters. The SMILES string of the molecule is Cc1cc(F)c(N)cc1S(=O)(=O)NC(C)CN1CCCC1. The number of hydrogen-bond donors (Lipinski definition) is 2. The van der Waals surface area contributed by atoms with Crippen molar-refractivity contribution >= 4 is 15.7 Å². The molecule has 0 amide bonds. The summed E-state index contributed by atoms with van der Waals surface area (Å²) in [5.74, 6) is -0.600. The van der Waals surface area contributed by atoms with E-state index in [1.54, 1.807) is 6.92 Å². The van der Waals surface area contributed by atoms with Gasteiger partial charge in [0.25, 0.3) is 0 Å². The predicted octanol–water partition coefficient (Wildman–Crippen LogP) is 1.48. The fourth-order valence-corrected chi connectivity index (χ4v) is 4.17. The highest BCUT2D eigenvalue weighted by Crippen LogP contribution is 2.21. The van der Waals surface area contributed by atoms with Crippen molar-refractivity contribution in [2.75, 3.05) is 25.4 Å². The monoisotopic (exact) mass is 315 g/mol. The molecular weight excluding hydrogens is 293 g/mol. The Morgan fingerprint density at radius 1 is 1.38 bits per heavy atom. The van der Waals surface area contributed by atoms with Crippen molar-refractivity contribution in [3.63, 3.8) is 0 Å². The second kappa shape index (κ2) is 6.29. The van der Waals surface area contributed by atoms with Crippen LogP contribution in [0.2, 0.25) is 0 Å². The number of nitrogens with one attached hydrogen (secondary N) is 1. The minimum absolute atomic E-state index is 0.0367. The van der Waals surface area contributed by atoms with Gasteiger partial charge in [0.2, 0.25) is 10.0 Å². The van der Waals surface area contributed by atoms with Gasteiger partial charge in [0.05, 0.1) is 10.6 Å². The van der Waals surface area contributed by atoms with Crippen LogP contribution in [0.4, 0.5) is 10.1 Å². The minimum atomic E-state index is -3.69. The molecule has 1 heterocycles. The minimum Gasteiger partial charge on any atom is -0.396 e. The normalized spacial score (nSPS) is 18.0. The summed E-state index contributed by atoms with van der Waals surface area (Å²) in [6, 6.07) is 2.11. The van der Waals surface area contributed by atoms with Crippen molar-refractivity contribution in [2.45, 2.75) is 37.6 Å².